The van der Waals surface area contributed by atoms with Crippen LogP contribution in [0.1, 0.15) is 46.5 Å². The molecule has 2 N–H and O–H groups in total. The van der Waals surface area contributed by atoms with E-state index in [1.165, 1.54) is 25.0 Å². The fourth-order valence-electron chi connectivity index (χ4n) is 2.59. The topological polar surface area (TPSA) is 71.2 Å². The Morgan fingerprint density at radius 3 is 2.74 bits per heavy atom. The molecule has 132 valence electrons. The maximum Gasteiger partial charge on any atom is 0.262 e. The van der Waals surface area contributed by atoms with Crippen molar-refractivity contribution < 1.29 is 9.63 Å². The van der Waals surface area contributed by atoms with E-state index < -0.39 is 6.04 Å². The second-order valence-corrected chi connectivity index (χ2v) is 10.2. The molecule has 0 aromatic heterocycles. The minimum Gasteiger partial charge on any atom is -0.320 e. The molecule has 8 heteroatoms. The summed E-state index contributed by atoms with van der Waals surface area (Å²) in [6.07, 6.45) is 4.06. The van der Waals surface area contributed by atoms with E-state index in [0.29, 0.717) is 6.42 Å². The van der Waals surface area contributed by atoms with Crippen LogP contribution >= 0.6 is 23.9 Å². The summed E-state index contributed by atoms with van der Waals surface area (Å²) in [6.45, 7) is 7.44. The third kappa shape index (κ3) is 5.01. The number of hydrogen-bond acceptors (Lipinski definition) is 7. The molecule has 1 amide bonds. The molecule has 1 aliphatic heterocycles. The van der Waals surface area contributed by atoms with E-state index in [-0.39, 0.29) is 15.4 Å². The van der Waals surface area contributed by atoms with Gasteiger partial charge in [-0.1, -0.05) is 0 Å². The van der Waals surface area contributed by atoms with Crippen LogP contribution in [0.2, 0.25) is 0 Å². The number of likely N-dealkylation sites (N-methyl/N-ethyl adjacent to an activating group) is 1. The third-order valence-corrected chi connectivity index (χ3v) is 6.71. The first kappa shape index (κ1) is 18.9. The molecule has 0 aromatic rings. The van der Waals surface area contributed by atoms with Crippen LogP contribution in [0.15, 0.2) is 4.40 Å². The molecular formula is C15H28N4O2S2. The van der Waals surface area contributed by atoms with E-state index >= 15 is 0 Å². The SMILES string of the molecule is CON(C)C(=O)[C@@H](N)CCC1(CN2SC(C)(C)SN=C2C)CC1. The molecule has 1 atom stereocenters. The normalized spacial score (nSPS) is 23.2. The zero-order chi connectivity index (χ0) is 17.3. The lowest BCUT2D eigenvalue weighted by Gasteiger charge is -2.37. The van der Waals surface area contributed by atoms with Crippen LogP contribution < -0.4 is 5.73 Å². The lowest BCUT2D eigenvalue weighted by molar-refractivity contribution is -0.170. The van der Waals surface area contributed by atoms with Crippen LogP contribution in [-0.2, 0) is 9.63 Å². The van der Waals surface area contributed by atoms with Crippen LogP contribution in [0.3, 0.4) is 0 Å². The highest BCUT2D eigenvalue weighted by Crippen LogP contribution is 2.53. The molecule has 1 fully saturated rings. The van der Waals surface area contributed by atoms with Gasteiger partial charge in [-0.05, 0) is 75.8 Å². The molecule has 1 aliphatic carbocycles. The summed E-state index contributed by atoms with van der Waals surface area (Å²) in [5.74, 6) is 0.913. The average Bonchev–Trinajstić information content (AvgIpc) is 3.27. The Labute approximate surface area is 147 Å². The van der Waals surface area contributed by atoms with Crippen molar-refractivity contribution in [3.8, 4) is 0 Å². The summed E-state index contributed by atoms with van der Waals surface area (Å²) in [5, 5.41) is 1.21. The number of carbonyl (C=O) groups excluding carboxylic acids is 1. The summed E-state index contributed by atoms with van der Waals surface area (Å²) in [7, 11) is 3.07. The van der Waals surface area contributed by atoms with Crippen molar-refractivity contribution in [2.45, 2.75) is 56.6 Å². The number of nitrogens with two attached hydrogens (primary N) is 1. The summed E-state index contributed by atoms with van der Waals surface area (Å²) in [5.41, 5.74) is 6.30. The molecule has 0 bridgehead atoms. The zero-order valence-electron chi connectivity index (χ0n) is 14.7. The Hall–Kier alpha value is -0.440. The van der Waals surface area contributed by atoms with E-state index in [0.717, 1.165) is 18.8 Å². The van der Waals surface area contributed by atoms with Crippen LogP contribution in [-0.4, -0.2) is 51.9 Å². The molecule has 6 nitrogen and oxygen atoms in total. The third-order valence-electron chi connectivity index (χ3n) is 4.41. The number of carbonyl (C=O) groups is 1. The van der Waals surface area contributed by atoms with Crippen molar-refractivity contribution in [3.05, 3.63) is 0 Å². The van der Waals surface area contributed by atoms with E-state index in [9.17, 15) is 4.79 Å². The van der Waals surface area contributed by atoms with Crippen molar-refractivity contribution in [1.82, 2.24) is 9.37 Å². The fraction of sp³-hybridized carbons (Fsp3) is 0.867. The number of amidine groups is 1. The van der Waals surface area contributed by atoms with Gasteiger partial charge in [-0.3, -0.25) is 9.63 Å². The molecule has 0 saturated heterocycles. The van der Waals surface area contributed by atoms with Crippen LogP contribution in [0.25, 0.3) is 0 Å². The number of nitrogens with zero attached hydrogens (tertiary/aromatic N) is 3. The number of hydrogen-bond donors (Lipinski definition) is 1. The second kappa shape index (κ2) is 7.21. The van der Waals surface area contributed by atoms with Gasteiger partial charge in [0.2, 0.25) is 0 Å². The first-order valence-corrected chi connectivity index (χ1v) is 9.49. The summed E-state index contributed by atoms with van der Waals surface area (Å²) in [4.78, 5) is 16.9. The molecule has 0 spiro atoms. The largest absolute Gasteiger partial charge is 0.320 e. The fourth-order valence-corrected chi connectivity index (χ4v) is 4.65. The van der Waals surface area contributed by atoms with Gasteiger partial charge in [0.05, 0.1) is 17.2 Å². The van der Waals surface area contributed by atoms with Crippen LogP contribution in [0.5, 0.6) is 0 Å². The van der Waals surface area contributed by atoms with Gasteiger partial charge in [-0.15, -0.1) is 0 Å². The number of rotatable bonds is 7. The molecule has 2 aliphatic rings. The van der Waals surface area contributed by atoms with Crippen molar-refractivity contribution in [2.75, 3.05) is 20.7 Å². The Balaban J connectivity index is 1.87. The van der Waals surface area contributed by atoms with E-state index in [4.69, 9.17) is 10.6 Å². The molecule has 0 radical (unpaired) electrons. The Kier molecular flexibility index (Phi) is 5.92. The summed E-state index contributed by atoms with van der Waals surface area (Å²) in [6, 6.07) is -0.492. The maximum absolute atomic E-state index is 12.0. The summed E-state index contributed by atoms with van der Waals surface area (Å²) < 4.78 is 6.96. The zero-order valence-corrected chi connectivity index (χ0v) is 16.3. The van der Waals surface area contributed by atoms with Gasteiger partial charge in [-0.2, -0.15) is 0 Å². The standard InChI is InChI=1S/C15H28N4O2S2/c1-11-17-22-14(2,3)23-19(11)10-15(8-9-15)7-6-12(16)13(20)18(4)21-5/h12H,6-10,16H2,1-5H3/t12-/m0/s1. The predicted molar refractivity (Wildman–Crippen MR) is 97.7 cm³/mol. The molecule has 1 saturated carbocycles. The smallest absolute Gasteiger partial charge is 0.262 e. The summed E-state index contributed by atoms with van der Waals surface area (Å²) >= 11 is 3.48. The van der Waals surface area contributed by atoms with Gasteiger partial charge in [0, 0.05) is 13.6 Å². The van der Waals surface area contributed by atoms with Gasteiger partial charge in [-0.25, -0.2) is 9.46 Å². The van der Waals surface area contributed by atoms with Gasteiger partial charge < -0.3 is 10.0 Å². The molecule has 23 heavy (non-hydrogen) atoms. The second-order valence-electron chi connectivity index (χ2n) is 6.92. The molecular weight excluding hydrogens is 332 g/mol. The monoisotopic (exact) mass is 360 g/mol. The van der Waals surface area contributed by atoms with Crippen LogP contribution in [0.4, 0.5) is 0 Å². The van der Waals surface area contributed by atoms with Gasteiger partial charge in [0.25, 0.3) is 5.91 Å². The molecule has 0 unspecified atom stereocenters. The van der Waals surface area contributed by atoms with E-state index in [1.807, 2.05) is 11.9 Å². The quantitative estimate of drug-likeness (QED) is 0.556. The predicted octanol–water partition coefficient (Wildman–Crippen LogP) is 2.66. The van der Waals surface area contributed by atoms with E-state index in [2.05, 4.69) is 29.5 Å². The van der Waals surface area contributed by atoms with Crippen molar-refractivity contribution in [3.63, 3.8) is 0 Å². The lowest BCUT2D eigenvalue weighted by Crippen LogP contribution is -2.42. The van der Waals surface area contributed by atoms with E-state index in [1.54, 1.807) is 19.0 Å². The highest BCUT2D eigenvalue weighted by Gasteiger charge is 2.46. The Bertz CT molecular complexity index is 480. The first-order chi connectivity index (χ1) is 10.7. The number of hydroxylamine groups is 2. The number of amides is 1. The Morgan fingerprint density at radius 1 is 1.52 bits per heavy atom. The highest BCUT2D eigenvalue weighted by molar-refractivity contribution is 8.17. The van der Waals surface area contributed by atoms with Gasteiger partial charge in [0.1, 0.15) is 5.84 Å². The lowest BCUT2D eigenvalue weighted by atomic mass is 9.96. The Morgan fingerprint density at radius 2 is 2.17 bits per heavy atom. The van der Waals surface area contributed by atoms with Crippen LogP contribution in [0, 0.1) is 5.41 Å². The minimum atomic E-state index is -0.492. The van der Waals surface area contributed by atoms with Gasteiger partial charge in [0.15, 0.2) is 0 Å². The molecule has 1 heterocycles. The van der Waals surface area contributed by atoms with Crippen molar-refractivity contribution in [2.24, 2.45) is 15.5 Å². The highest BCUT2D eigenvalue weighted by atomic mass is 32.2. The van der Waals surface area contributed by atoms with Crippen molar-refractivity contribution in [1.29, 1.82) is 0 Å². The van der Waals surface area contributed by atoms with Crippen molar-refractivity contribution >= 4 is 35.6 Å². The molecule has 0 aromatic carbocycles. The first-order valence-electron chi connectivity index (χ1n) is 7.95. The average molecular weight is 361 g/mol. The maximum atomic E-state index is 12.0. The van der Waals surface area contributed by atoms with Gasteiger partial charge >= 0.3 is 0 Å². The molecule has 2 rings (SSSR count). The minimum absolute atomic E-state index is 0.0726.